The number of hydrogen-bond acceptors (Lipinski definition) is 3. The molecule has 0 aliphatic carbocycles. The molecule has 0 fully saturated rings. The minimum Gasteiger partial charge on any atom is -0.363 e. The predicted molar refractivity (Wildman–Crippen MR) is 77.0 cm³/mol. The summed E-state index contributed by atoms with van der Waals surface area (Å²) in [4.78, 5) is 4.42. The zero-order chi connectivity index (χ0) is 12.4. The summed E-state index contributed by atoms with van der Waals surface area (Å²) < 4.78 is 0. The van der Waals surface area contributed by atoms with E-state index in [9.17, 15) is 0 Å². The average molecular weight is 248 g/mol. The molecule has 1 aliphatic rings. The SMILES string of the molecule is Cc1cc(C)c(C)c(CSC2=NCCN2)c1C. The number of amidine groups is 1. The standard InChI is InChI=1S/C14H20N2S/c1-9-7-10(2)12(4)13(11(9)3)8-17-14-15-5-6-16-14/h7H,5-6,8H2,1-4H3,(H,15,16). The van der Waals surface area contributed by atoms with Crippen LogP contribution in [0.4, 0.5) is 0 Å². The van der Waals surface area contributed by atoms with E-state index in [1.807, 2.05) is 11.8 Å². The maximum atomic E-state index is 4.42. The van der Waals surface area contributed by atoms with Crippen LogP contribution in [0.5, 0.6) is 0 Å². The van der Waals surface area contributed by atoms with E-state index in [0.29, 0.717) is 0 Å². The van der Waals surface area contributed by atoms with E-state index >= 15 is 0 Å². The summed E-state index contributed by atoms with van der Waals surface area (Å²) in [6, 6.07) is 2.28. The van der Waals surface area contributed by atoms with Crippen LogP contribution < -0.4 is 5.32 Å². The molecule has 0 saturated heterocycles. The highest BCUT2D eigenvalue weighted by Gasteiger charge is 2.11. The largest absolute Gasteiger partial charge is 0.363 e. The van der Waals surface area contributed by atoms with Crippen LogP contribution in [-0.2, 0) is 5.75 Å². The van der Waals surface area contributed by atoms with Gasteiger partial charge in [-0.15, -0.1) is 0 Å². The van der Waals surface area contributed by atoms with E-state index in [0.717, 1.165) is 24.0 Å². The number of thioether (sulfide) groups is 1. The third-order valence-corrected chi connectivity index (χ3v) is 4.50. The Labute approximate surface area is 108 Å². The van der Waals surface area contributed by atoms with Crippen molar-refractivity contribution in [3.63, 3.8) is 0 Å². The summed E-state index contributed by atoms with van der Waals surface area (Å²) in [5.74, 6) is 1.02. The number of benzene rings is 1. The van der Waals surface area contributed by atoms with Crippen LogP contribution in [0.15, 0.2) is 11.1 Å². The Balaban J connectivity index is 2.19. The van der Waals surface area contributed by atoms with Gasteiger partial charge < -0.3 is 5.32 Å². The molecule has 1 aliphatic heterocycles. The van der Waals surface area contributed by atoms with Crippen molar-refractivity contribution >= 4 is 16.9 Å². The van der Waals surface area contributed by atoms with Gasteiger partial charge in [-0.25, -0.2) is 0 Å². The molecular formula is C14H20N2S. The predicted octanol–water partition coefficient (Wildman–Crippen LogP) is 3.11. The smallest absolute Gasteiger partial charge is 0.157 e. The third-order valence-electron chi connectivity index (χ3n) is 3.52. The van der Waals surface area contributed by atoms with Gasteiger partial charge in [-0.2, -0.15) is 0 Å². The Hall–Kier alpha value is -0.960. The van der Waals surface area contributed by atoms with Gasteiger partial charge in [-0.3, -0.25) is 4.99 Å². The molecule has 0 atom stereocenters. The van der Waals surface area contributed by atoms with Crippen LogP contribution >= 0.6 is 11.8 Å². The van der Waals surface area contributed by atoms with Crippen LogP contribution in [0, 0.1) is 27.7 Å². The lowest BCUT2D eigenvalue weighted by molar-refractivity contribution is 0.963. The minimum atomic E-state index is 0.924. The van der Waals surface area contributed by atoms with Crippen LogP contribution in [0.2, 0.25) is 0 Å². The molecule has 0 aromatic heterocycles. The van der Waals surface area contributed by atoms with Gasteiger partial charge in [0.2, 0.25) is 0 Å². The fourth-order valence-corrected chi connectivity index (χ4v) is 3.23. The first-order valence-electron chi connectivity index (χ1n) is 6.07. The second-order valence-electron chi connectivity index (χ2n) is 4.64. The fraction of sp³-hybridized carbons (Fsp3) is 0.500. The second-order valence-corrected chi connectivity index (χ2v) is 5.61. The second kappa shape index (κ2) is 5.13. The first-order valence-corrected chi connectivity index (χ1v) is 7.05. The van der Waals surface area contributed by atoms with E-state index in [1.165, 1.54) is 27.8 Å². The van der Waals surface area contributed by atoms with Gasteiger partial charge in [0.1, 0.15) is 0 Å². The van der Waals surface area contributed by atoms with Crippen molar-refractivity contribution in [1.82, 2.24) is 5.32 Å². The lowest BCUT2D eigenvalue weighted by atomic mass is 9.95. The number of hydrogen-bond donors (Lipinski definition) is 1. The molecule has 0 amide bonds. The molecule has 0 bridgehead atoms. The van der Waals surface area contributed by atoms with E-state index in [2.05, 4.69) is 44.1 Å². The maximum absolute atomic E-state index is 4.42. The van der Waals surface area contributed by atoms with E-state index in [4.69, 9.17) is 0 Å². The fourth-order valence-electron chi connectivity index (χ4n) is 2.13. The number of aryl methyl sites for hydroxylation is 2. The van der Waals surface area contributed by atoms with Crippen LogP contribution in [0.1, 0.15) is 27.8 Å². The van der Waals surface area contributed by atoms with E-state index in [1.54, 1.807) is 0 Å². The first kappa shape index (κ1) is 12.5. The first-order chi connectivity index (χ1) is 8.09. The molecule has 17 heavy (non-hydrogen) atoms. The van der Waals surface area contributed by atoms with Crippen molar-refractivity contribution in [1.29, 1.82) is 0 Å². The van der Waals surface area contributed by atoms with Crippen molar-refractivity contribution in [3.05, 3.63) is 33.9 Å². The van der Waals surface area contributed by atoms with Crippen molar-refractivity contribution in [2.75, 3.05) is 13.1 Å². The molecule has 2 nitrogen and oxygen atoms in total. The zero-order valence-electron chi connectivity index (χ0n) is 11.1. The summed E-state index contributed by atoms with van der Waals surface area (Å²) in [5.41, 5.74) is 7.12. The molecule has 1 aromatic rings. The lowest BCUT2D eigenvalue weighted by Gasteiger charge is -2.15. The van der Waals surface area contributed by atoms with Gasteiger partial charge in [0.25, 0.3) is 0 Å². The van der Waals surface area contributed by atoms with Crippen molar-refractivity contribution < 1.29 is 0 Å². The van der Waals surface area contributed by atoms with Gasteiger partial charge in [-0.1, -0.05) is 17.8 Å². The minimum absolute atomic E-state index is 0.924. The topological polar surface area (TPSA) is 24.4 Å². The van der Waals surface area contributed by atoms with Crippen molar-refractivity contribution in [3.8, 4) is 0 Å². The maximum Gasteiger partial charge on any atom is 0.157 e. The molecular weight excluding hydrogens is 228 g/mol. The molecule has 0 spiro atoms. The van der Waals surface area contributed by atoms with Crippen LogP contribution in [-0.4, -0.2) is 18.3 Å². The summed E-state index contributed by atoms with van der Waals surface area (Å²) in [7, 11) is 0. The normalized spacial score (nSPS) is 14.7. The summed E-state index contributed by atoms with van der Waals surface area (Å²) >= 11 is 1.82. The highest BCUT2D eigenvalue weighted by Crippen LogP contribution is 2.26. The van der Waals surface area contributed by atoms with Crippen LogP contribution in [0.3, 0.4) is 0 Å². The Morgan fingerprint density at radius 3 is 2.35 bits per heavy atom. The zero-order valence-corrected chi connectivity index (χ0v) is 11.9. The Morgan fingerprint density at radius 2 is 1.82 bits per heavy atom. The van der Waals surface area contributed by atoms with Gasteiger partial charge in [-0.05, 0) is 55.5 Å². The van der Waals surface area contributed by atoms with Crippen molar-refractivity contribution in [2.45, 2.75) is 33.4 Å². The summed E-state index contributed by atoms with van der Waals surface area (Å²) in [6.07, 6.45) is 0. The van der Waals surface area contributed by atoms with Crippen molar-refractivity contribution in [2.24, 2.45) is 4.99 Å². The highest BCUT2D eigenvalue weighted by molar-refractivity contribution is 8.13. The Bertz CT molecular complexity index is 438. The number of rotatable bonds is 2. The van der Waals surface area contributed by atoms with Gasteiger partial charge in [0.15, 0.2) is 5.17 Å². The quantitative estimate of drug-likeness (QED) is 0.869. The molecule has 0 radical (unpaired) electrons. The molecule has 0 saturated carbocycles. The molecule has 92 valence electrons. The summed E-state index contributed by atoms with van der Waals surface area (Å²) in [6.45, 7) is 10.8. The molecule has 3 heteroatoms. The average Bonchev–Trinajstić information content (AvgIpc) is 2.79. The molecule has 1 heterocycles. The third kappa shape index (κ3) is 2.65. The summed E-state index contributed by atoms with van der Waals surface area (Å²) in [5, 5.41) is 4.41. The molecule has 1 aromatic carbocycles. The van der Waals surface area contributed by atoms with Gasteiger partial charge in [0, 0.05) is 12.3 Å². The Kier molecular flexibility index (Phi) is 3.77. The Morgan fingerprint density at radius 1 is 1.18 bits per heavy atom. The van der Waals surface area contributed by atoms with E-state index in [-0.39, 0.29) is 0 Å². The number of aliphatic imine (C=N–C) groups is 1. The van der Waals surface area contributed by atoms with Gasteiger partial charge >= 0.3 is 0 Å². The van der Waals surface area contributed by atoms with E-state index < -0.39 is 0 Å². The lowest BCUT2D eigenvalue weighted by Crippen LogP contribution is -2.15. The highest BCUT2D eigenvalue weighted by atomic mass is 32.2. The number of nitrogens with zero attached hydrogens (tertiary/aromatic N) is 1. The molecule has 1 N–H and O–H groups in total. The van der Waals surface area contributed by atoms with Crippen LogP contribution in [0.25, 0.3) is 0 Å². The number of nitrogens with one attached hydrogen (secondary N) is 1. The van der Waals surface area contributed by atoms with Gasteiger partial charge in [0.05, 0.1) is 6.54 Å². The molecule has 2 rings (SSSR count). The molecule has 0 unspecified atom stereocenters. The monoisotopic (exact) mass is 248 g/mol.